The molecule has 0 heterocycles. The Kier molecular flexibility index (Phi) is 4.84. The lowest BCUT2D eigenvalue weighted by Gasteiger charge is -2.28. The summed E-state index contributed by atoms with van der Waals surface area (Å²) in [5.41, 5.74) is 5.20. The summed E-state index contributed by atoms with van der Waals surface area (Å²) in [5.74, 6) is 2.00. The largest absolute Gasteiger partial charge is 0.508 e. The third-order valence-electron chi connectivity index (χ3n) is 5.43. The third-order valence-corrected chi connectivity index (χ3v) is 5.43. The molecule has 2 N–H and O–H groups in total. The number of rotatable bonds is 3. The van der Waals surface area contributed by atoms with E-state index in [4.69, 9.17) is 0 Å². The van der Waals surface area contributed by atoms with Crippen molar-refractivity contribution in [3.8, 4) is 11.5 Å². The van der Waals surface area contributed by atoms with Crippen molar-refractivity contribution in [2.45, 2.75) is 58.8 Å². The highest BCUT2D eigenvalue weighted by atomic mass is 16.3. The molecule has 2 nitrogen and oxygen atoms in total. The van der Waals surface area contributed by atoms with Crippen LogP contribution in [0.25, 0.3) is 0 Å². The first-order chi connectivity index (χ1) is 11.4. The van der Waals surface area contributed by atoms with Crippen LogP contribution in [0.1, 0.15) is 66.3 Å². The number of hydrogen-bond donors (Lipinski definition) is 2. The Morgan fingerprint density at radius 3 is 2.25 bits per heavy atom. The van der Waals surface area contributed by atoms with Gasteiger partial charge in [-0.1, -0.05) is 55.2 Å². The van der Waals surface area contributed by atoms with E-state index in [9.17, 15) is 10.2 Å². The van der Waals surface area contributed by atoms with Crippen LogP contribution < -0.4 is 0 Å². The van der Waals surface area contributed by atoms with Crippen molar-refractivity contribution in [2.75, 3.05) is 0 Å². The maximum atomic E-state index is 10.9. The smallest absolute Gasteiger partial charge is 0.122 e. The number of hydrogen-bond acceptors (Lipinski definition) is 2. The predicted octanol–water partition coefficient (Wildman–Crippen LogP) is 5.60. The van der Waals surface area contributed by atoms with Gasteiger partial charge in [-0.25, -0.2) is 0 Å². The van der Waals surface area contributed by atoms with Gasteiger partial charge in [-0.3, -0.25) is 0 Å². The lowest BCUT2D eigenvalue weighted by molar-refractivity contribution is 0.340. The fourth-order valence-electron chi connectivity index (χ4n) is 3.96. The van der Waals surface area contributed by atoms with Crippen molar-refractivity contribution in [2.24, 2.45) is 5.92 Å². The summed E-state index contributed by atoms with van der Waals surface area (Å²) in [6.45, 7) is 6.43. The molecule has 0 atom stereocenters. The molecular weight excluding hydrogens is 296 g/mol. The van der Waals surface area contributed by atoms with Crippen molar-refractivity contribution >= 4 is 0 Å². The Morgan fingerprint density at radius 1 is 0.875 bits per heavy atom. The van der Waals surface area contributed by atoms with Gasteiger partial charge >= 0.3 is 0 Å². The van der Waals surface area contributed by atoms with Crippen LogP contribution in [0.15, 0.2) is 30.3 Å². The Morgan fingerprint density at radius 2 is 1.54 bits per heavy atom. The van der Waals surface area contributed by atoms with E-state index in [1.807, 2.05) is 25.1 Å². The van der Waals surface area contributed by atoms with Crippen molar-refractivity contribution < 1.29 is 10.2 Å². The molecule has 1 aliphatic rings. The van der Waals surface area contributed by atoms with E-state index in [0.717, 1.165) is 41.0 Å². The van der Waals surface area contributed by atoms with E-state index < -0.39 is 0 Å². The highest BCUT2D eigenvalue weighted by Crippen LogP contribution is 2.41. The Hall–Kier alpha value is -1.96. The molecule has 0 saturated heterocycles. The van der Waals surface area contributed by atoms with Crippen LogP contribution in [0.3, 0.4) is 0 Å². The van der Waals surface area contributed by atoms with E-state index in [2.05, 4.69) is 19.9 Å². The van der Waals surface area contributed by atoms with Crippen LogP contribution in [0.5, 0.6) is 11.5 Å². The van der Waals surface area contributed by atoms with Gasteiger partial charge in [0.15, 0.2) is 0 Å². The molecule has 0 unspecified atom stereocenters. The van der Waals surface area contributed by atoms with Crippen molar-refractivity contribution in [1.82, 2.24) is 0 Å². The second kappa shape index (κ2) is 6.88. The minimum Gasteiger partial charge on any atom is -0.508 e. The number of phenolic OH excluding ortho intramolecular Hbond substituents is 2. The van der Waals surface area contributed by atoms with Crippen molar-refractivity contribution in [3.05, 3.63) is 58.1 Å². The summed E-state index contributed by atoms with van der Waals surface area (Å²) >= 11 is 0. The lowest BCUT2D eigenvalue weighted by Crippen LogP contribution is -2.11. The molecule has 0 amide bonds. The summed E-state index contributed by atoms with van der Waals surface area (Å²) in [4.78, 5) is 0. The number of benzene rings is 2. The minimum atomic E-state index is 0.301. The van der Waals surface area contributed by atoms with Gasteiger partial charge in [0.05, 0.1) is 0 Å². The first-order valence-electron chi connectivity index (χ1n) is 9.05. The van der Waals surface area contributed by atoms with Crippen LogP contribution in [-0.2, 0) is 6.42 Å². The highest BCUT2D eigenvalue weighted by molar-refractivity contribution is 5.49. The van der Waals surface area contributed by atoms with Crippen LogP contribution in [0.2, 0.25) is 0 Å². The first-order valence-corrected chi connectivity index (χ1v) is 9.05. The summed E-state index contributed by atoms with van der Waals surface area (Å²) < 4.78 is 0. The molecule has 24 heavy (non-hydrogen) atoms. The normalized spacial score (nSPS) is 21.0. The standard InChI is InChI=1S/C22H28O2/c1-14-4-7-17(8-5-14)20-12-16(3)11-19(22(20)24)13-18-10-15(2)6-9-21(18)23/h6,9-12,14,17,23-24H,4-5,7-8,13H2,1-3H3. The molecule has 1 fully saturated rings. The predicted molar refractivity (Wildman–Crippen MR) is 98.9 cm³/mol. The third kappa shape index (κ3) is 3.58. The zero-order chi connectivity index (χ0) is 17.3. The second-order valence-electron chi connectivity index (χ2n) is 7.63. The molecule has 2 heteroatoms. The van der Waals surface area contributed by atoms with Gasteiger partial charge < -0.3 is 10.2 Å². The van der Waals surface area contributed by atoms with E-state index in [-0.39, 0.29) is 0 Å². The number of aromatic hydroxyl groups is 2. The molecule has 3 rings (SSSR count). The minimum absolute atomic E-state index is 0.301. The molecule has 0 radical (unpaired) electrons. The lowest BCUT2D eigenvalue weighted by atomic mass is 9.78. The molecule has 2 aromatic carbocycles. The molecule has 0 aliphatic heterocycles. The maximum absolute atomic E-state index is 10.9. The second-order valence-corrected chi connectivity index (χ2v) is 7.63. The zero-order valence-corrected chi connectivity index (χ0v) is 15.0. The Balaban J connectivity index is 1.92. The van der Waals surface area contributed by atoms with Gasteiger partial charge in [0, 0.05) is 6.42 Å². The van der Waals surface area contributed by atoms with Crippen molar-refractivity contribution in [1.29, 1.82) is 0 Å². The van der Waals surface area contributed by atoms with Crippen molar-refractivity contribution in [3.63, 3.8) is 0 Å². The average Bonchev–Trinajstić information content (AvgIpc) is 2.55. The maximum Gasteiger partial charge on any atom is 0.122 e. The molecule has 0 aromatic heterocycles. The summed E-state index contributed by atoms with van der Waals surface area (Å²) in [7, 11) is 0. The van der Waals surface area contributed by atoms with Gasteiger partial charge in [-0.15, -0.1) is 0 Å². The van der Waals surface area contributed by atoms with E-state index in [0.29, 0.717) is 23.8 Å². The zero-order valence-electron chi connectivity index (χ0n) is 15.0. The average molecular weight is 324 g/mol. The molecule has 128 valence electrons. The summed E-state index contributed by atoms with van der Waals surface area (Å²) in [6.07, 6.45) is 5.37. The van der Waals surface area contributed by atoms with Gasteiger partial charge in [0.25, 0.3) is 0 Å². The molecule has 0 bridgehead atoms. The molecular formula is C22H28O2. The molecule has 0 spiro atoms. The molecule has 1 aliphatic carbocycles. The topological polar surface area (TPSA) is 40.5 Å². The van der Waals surface area contributed by atoms with E-state index in [1.165, 1.54) is 18.4 Å². The van der Waals surface area contributed by atoms with Gasteiger partial charge in [-0.05, 0) is 61.3 Å². The van der Waals surface area contributed by atoms with E-state index >= 15 is 0 Å². The summed E-state index contributed by atoms with van der Waals surface area (Å²) in [6, 6.07) is 9.84. The molecule has 2 aromatic rings. The highest BCUT2D eigenvalue weighted by Gasteiger charge is 2.23. The molecule has 1 saturated carbocycles. The fraction of sp³-hybridized carbons (Fsp3) is 0.455. The van der Waals surface area contributed by atoms with Crippen LogP contribution >= 0.6 is 0 Å². The summed E-state index contributed by atoms with van der Waals surface area (Å²) in [5, 5.41) is 21.0. The SMILES string of the molecule is Cc1ccc(O)c(Cc2cc(C)cc(C3CCC(C)CC3)c2O)c1. The Labute approximate surface area is 145 Å². The monoisotopic (exact) mass is 324 g/mol. The van der Waals surface area contributed by atoms with Crippen LogP contribution in [0, 0.1) is 19.8 Å². The number of aryl methyl sites for hydroxylation is 2. The Bertz CT molecular complexity index is 725. The quantitative estimate of drug-likeness (QED) is 0.771. The van der Waals surface area contributed by atoms with Gasteiger partial charge in [0.1, 0.15) is 11.5 Å². The first kappa shape index (κ1) is 16.9. The van der Waals surface area contributed by atoms with Gasteiger partial charge in [-0.2, -0.15) is 0 Å². The van der Waals surface area contributed by atoms with Crippen LogP contribution in [0.4, 0.5) is 0 Å². The van der Waals surface area contributed by atoms with Gasteiger partial charge in [0.2, 0.25) is 0 Å². The fourth-order valence-corrected chi connectivity index (χ4v) is 3.96. The van der Waals surface area contributed by atoms with Crippen LogP contribution in [-0.4, -0.2) is 10.2 Å². The number of phenols is 2. The van der Waals surface area contributed by atoms with E-state index in [1.54, 1.807) is 6.07 Å².